The van der Waals surface area contributed by atoms with Gasteiger partial charge in [0.2, 0.25) is 0 Å². The topological polar surface area (TPSA) is 46.9 Å². The second-order valence-corrected chi connectivity index (χ2v) is 4.98. The minimum atomic E-state index is -0.192. The molecule has 1 amide bonds. The Bertz CT molecular complexity index is 461. The quantitative estimate of drug-likeness (QED) is 0.614. The van der Waals surface area contributed by atoms with E-state index in [1.807, 2.05) is 0 Å². The molecule has 0 spiro atoms. The number of hydrogen-bond donors (Lipinski definition) is 1. The number of aryl methyl sites for hydroxylation is 1. The van der Waals surface area contributed by atoms with Gasteiger partial charge in [-0.2, -0.15) is 5.10 Å². The number of hydrogen-bond acceptors (Lipinski definition) is 4. The maximum absolute atomic E-state index is 11.4. The number of amides is 1. The molecular formula is C8H6ClN3OS2. The fraction of sp³-hybridized carbons (Fsp3) is 0.125. The second-order valence-electron chi connectivity index (χ2n) is 2.85. The molecule has 0 saturated carbocycles. The van der Waals surface area contributed by atoms with Crippen LogP contribution in [0.25, 0.3) is 6.08 Å². The van der Waals surface area contributed by atoms with Crippen molar-refractivity contribution in [1.82, 2.24) is 15.1 Å². The van der Waals surface area contributed by atoms with Crippen LogP contribution in [0.4, 0.5) is 0 Å². The van der Waals surface area contributed by atoms with Crippen molar-refractivity contribution in [2.45, 2.75) is 0 Å². The lowest BCUT2D eigenvalue weighted by molar-refractivity contribution is -0.115. The molecule has 0 aliphatic carbocycles. The highest BCUT2D eigenvalue weighted by molar-refractivity contribution is 8.26. The minimum absolute atomic E-state index is 0.192. The summed E-state index contributed by atoms with van der Waals surface area (Å²) in [6.45, 7) is 0. The summed E-state index contributed by atoms with van der Waals surface area (Å²) in [6.07, 6.45) is 3.21. The van der Waals surface area contributed by atoms with Gasteiger partial charge in [-0.3, -0.25) is 9.48 Å². The summed E-state index contributed by atoms with van der Waals surface area (Å²) in [5, 5.41) is 7.01. The molecule has 1 aromatic heterocycles. The van der Waals surface area contributed by atoms with E-state index >= 15 is 0 Å². The summed E-state index contributed by atoms with van der Waals surface area (Å²) >= 11 is 12.0. The number of carbonyl (C=O) groups excluding carboxylic acids is 1. The van der Waals surface area contributed by atoms with Gasteiger partial charge >= 0.3 is 0 Å². The van der Waals surface area contributed by atoms with E-state index in [0.29, 0.717) is 19.9 Å². The average Bonchev–Trinajstić information content (AvgIpc) is 2.63. The highest BCUT2D eigenvalue weighted by atomic mass is 35.5. The first-order chi connectivity index (χ1) is 7.08. The van der Waals surface area contributed by atoms with Crippen molar-refractivity contribution in [2.75, 3.05) is 0 Å². The number of carbonyl (C=O) groups is 1. The van der Waals surface area contributed by atoms with E-state index in [9.17, 15) is 4.79 Å². The van der Waals surface area contributed by atoms with Gasteiger partial charge < -0.3 is 5.32 Å². The highest BCUT2D eigenvalue weighted by Crippen LogP contribution is 2.27. The summed E-state index contributed by atoms with van der Waals surface area (Å²) in [7, 11) is 1.76. The Morgan fingerprint density at radius 2 is 2.47 bits per heavy atom. The molecule has 78 valence electrons. The monoisotopic (exact) mass is 259 g/mol. The SMILES string of the molecule is Cn1ncc(Cl)c1/C=C1/SC(=S)NC1=O. The molecule has 1 saturated heterocycles. The molecule has 1 aromatic rings. The molecule has 15 heavy (non-hydrogen) atoms. The van der Waals surface area contributed by atoms with E-state index in [-0.39, 0.29) is 5.91 Å². The zero-order chi connectivity index (χ0) is 11.0. The third-order valence-corrected chi connectivity index (χ3v) is 3.30. The molecule has 1 aliphatic rings. The first-order valence-electron chi connectivity index (χ1n) is 4.00. The molecule has 7 heteroatoms. The van der Waals surface area contributed by atoms with Gasteiger partial charge in [-0.1, -0.05) is 35.6 Å². The summed E-state index contributed by atoms with van der Waals surface area (Å²) < 4.78 is 2.06. The molecule has 2 heterocycles. The Morgan fingerprint density at radius 1 is 1.73 bits per heavy atom. The van der Waals surface area contributed by atoms with E-state index in [1.54, 1.807) is 17.8 Å². The second kappa shape index (κ2) is 3.96. The first-order valence-corrected chi connectivity index (χ1v) is 5.60. The Hall–Kier alpha value is -0.850. The molecule has 1 aliphatic heterocycles. The van der Waals surface area contributed by atoms with Crippen LogP contribution >= 0.6 is 35.6 Å². The van der Waals surface area contributed by atoms with Crippen molar-refractivity contribution in [3.05, 3.63) is 21.8 Å². The number of rotatable bonds is 1. The third kappa shape index (κ3) is 2.06. The van der Waals surface area contributed by atoms with Crippen LogP contribution in [-0.2, 0) is 11.8 Å². The first kappa shape index (κ1) is 10.7. The molecule has 2 rings (SSSR count). The van der Waals surface area contributed by atoms with Crippen LogP contribution in [0, 0.1) is 0 Å². The zero-order valence-electron chi connectivity index (χ0n) is 7.65. The standard InChI is InChI=1S/C8H6ClN3OS2/c1-12-5(4(9)3-10-12)2-6-7(13)11-8(14)15-6/h2-3H,1H3,(H,11,13,14)/b6-2+. The largest absolute Gasteiger partial charge is 0.307 e. The summed E-state index contributed by atoms with van der Waals surface area (Å²) in [5.41, 5.74) is 0.694. The number of halogens is 1. The van der Waals surface area contributed by atoms with Crippen LogP contribution in [0.3, 0.4) is 0 Å². The molecule has 1 N–H and O–H groups in total. The van der Waals surface area contributed by atoms with Gasteiger partial charge in [-0.15, -0.1) is 0 Å². The van der Waals surface area contributed by atoms with Gasteiger partial charge in [0.1, 0.15) is 4.32 Å². The van der Waals surface area contributed by atoms with Crippen LogP contribution in [0.2, 0.25) is 5.02 Å². The van der Waals surface area contributed by atoms with Crippen molar-refractivity contribution >= 4 is 51.9 Å². The van der Waals surface area contributed by atoms with E-state index in [4.69, 9.17) is 23.8 Å². The normalized spacial score (nSPS) is 18.7. The third-order valence-electron chi connectivity index (χ3n) is 1.85. The van der Waals surface area contributed by atoms with Gasteiger partial charge in [0, 0.05) is 7.05 Å². The van der Waals surface area contributed by atoms with Crippen LogP contribution in [0.15, 0.2) is 11.1 Å². The van der Waals surface area contributed by atoms with E-state index in [0.717, 1.165) is 0 Å². The molecule has 0 bridgehead atoms. The highest BCUT2D eigenvalue weighted by Gasteiger charge is 2.22. The fourth-order valence-corrected chi connectivity index (χ4v) is 2.37. The Labute approximate surface area is 101 Å². The lowest BCUT2D eigenvalue weighted by atomic mass is 10.3. The van der Waals surface area contributed by atoms with Gasteiger partial charge in [0.15, 0.2) is 0 Å². The summed E-state index contributed by atoms with van der Waals surface area (Å²) in [6, 6.07) is 0. The maximum atomic E-state index is 11.4. The number of nitrogens with one attached hydrogen (secondary N) is 1. The summed E-state index contributed by atoms with van der Waals surface area (Å²) in [5.74, 6) is -0.192. The number of thiocarbonyl (C=S) groups is 1. The maximum Gasteiger partial charge on any atom is 0.263 e. The van der Waals surface area contributed by atoms with Gasteiger partial charge in [-0.25, -0.2) is 0 Å². The average molecular weight is 260 g/mol. The number of nitrogens with zero attached hydrogens (tertiary/aromatic N) is 2. The van der Waals surface area contributed by atoms with Gasteiger partial charge in [0.25, 0.3) is 5.91 Å². The summed E-state index contributed by atoms with van der Waals surface area (Å²) in [4.78, 5) is 11.9. The molecule has 0 atom stereocenters. The Morgan fingerprint density at radius 3 is 2.93 bits per heavy atom. The van der Waals surface area contributed by atoms with E-state index in [1.165, 1.54) is 18.0 Å². The van der Waals surface area contributed by atoms with Crippen LogP contribution < -0.4 is 5.32 Å². The molecular weight excluding hydrogens is 254 g/mol. The van der Waals surface area contributed by atoms with E-state index in [2.05, 4.69) is 10.4 Å². The molecule has 0 radical (unpaired) electrons. The van der Waals surface area contributed by atoms with Crippen molar-refractivity contribution in [1.29, 1.82) is 0 Å². The molecule has 0 unspecified atom stereocenters. The number of thioether (sulfide) groups is 1. The predicted molar refractivity (Wildman–Crippen MR) is 64.5 cm³/mol. The van der Waals surface area contributed by atoms with Crippen molar-refractivity contribution in [3.8, 4) is 0 Å². The van der Waals surface area contributed by atoms with Crippen molar-refractivity contribution in [3.63, 3.8) is 0 Å². The van der Waals surface area contributed by atoms with E-state index < -0.39 is 0 Å². The smallest absolute Gasteiger partial charge is 0.263 e. The Kier molecular flexibility index (Phi) is 2.81. The minimum Gasteiger partial charge on any atom is -0.307 e. The fourth-order valence-electron chi connectivity index (χ4n) is 1.13. The van der Waals surface area contributed by atoms with Gasteiger partial charge in [-0.05, 0) is 6.08 Å². The van der Waals surface area contributed by atoms with Crippen molar-refractivity contribution < 1.29 is 4.79 Å². The molecule has 1 fully saturated rings. The number of aromatic nitrogens is 2. The van der Waals surface area contributed by atoms with Crippen molar-refractivity contribution in [2.24, 2.45) is 7.05 Å². The van der Waals surface area contributed by atoms with Crippen LogP contribution in [0.1, 0.15) is 5.69 Å². The Balaban J connectivity index is 2.39. The van der Waals surface area contributed by atoms with Gasteiger partial charge in [0.05, 0.1) is 21.8 Å². The molecule has 0 aromatic carbocycles. The lowest BCUT2D eigenvalue weighted by Crippen LogP contribution is -2.17. The van der Waals surface area contributed by atoms with Crippen LogP contribution in [-0.4, -0.2) is 20.0 Å². The molecule has 4 nitrogen and oxygen atoms in total. The predicted octanol–water partition coefficient (Wildman–Crippen LogP) is 1.56. The zero-order valence-corrected chi connectivity index (χ0v) is 10.0. The lowest BCUT2D eigenvalue weighted by Gasteiger charge is -1.96. The van der Waals surface area contributed by atoms with Crippen LogP contribution in [0.5, 0.6) is 0 Å².